The molecule has 5 rings (SSSR count). The lowest BCUT2D eigenvalue weighted by Gasteiger charge is -2.17. The summed E-state index contributed by atoms with van der Waals surface area (Å²) in [6.07, 6.45) is -1.92. The summed E-state index contributed by atoms with van der Waals surface area (Å²) in [5.41, 5.74) is 3.38. The minimum absolute atomic E-state index is 0.377. The topological polar surface area (TPSA) is 147 Å². The summed E-state index contributed by atoms with van der Waals surface area (Å²) in [6.45, 7) is 2.37. The van der Waals surface area contributed by atoms with Crippen LogP contribution in [0.15, 0.2) is 55.0 Å². The molecule has 0 spiro atoms. The van der Waals surface area contributed by atoms with Gasteiger partial charge in [-0.05, 0) is 24.6 Å². The third kappa shape index (κ3) is 4.20. The van der Waals surface area contributed by atoms with Gasteiger partial charge in [0.2, 0.25) is 0 Å². The van der Waals surface area contributed by atoms with Crippen LogP contribution in [0.1, 0.15) is 17.5 Å². The second-order valence-corrected chi connectivity index (χ2v) is 8.24. The van der Waals surface area contributed by atoms with Gasteiger partial charge in [0.05, 0.1) is 6.33 Å². The van der Waals surface area contributed by atoms with Crippen molar-refractivity contribution in [3.05, 3.63) is 66.2 Å². The molecule has 0 aliphatic carbocycles. The van der Waals surface area contributed by atoms with Crippen molar-refractivity contribution in [2.45, 2.75) is 38.0 Å². The number of benzene rings is 1. The van der Waals surface area contributed by atoms with Crippen molar-refractivity contribution in [2.75, 3.05) is 12.4 Å². The fourth-order valence-electron chi connectivity index (χ4n) is 4.10. The van der Waals surface area contributed by atoms with Gasteiger partial charge < -0.3 is 25.6 Å². The van der Waals surface area contributed by atoms with Gasteiger partial charge in [-0.1, -0.05) is 30.3 Å². The summed E-state index contributed by atoms with van der Waals surface area (Å²) in [5, 5.41) is 26.9. The lowest BCUT2D eigenvalue weighted by atomic mass is 10.1. The number of aryl methyl sites for hydroxylation is 1. The number of amides is 1. The van der Waals surface area contributed by atoms with E-state index in [0.717, 1.165) is 16.8 Å². The molecule has 1 aromatic carbocycles. The summed E-state index contributed by atoms with van der Waals surface area (Å²) >= 11 is 0. The van der Waals surface area contributed by atoms with E-state index in [1.807, 2.05) is 43.3 Å². The van der Waals surface area contributed by atoms with Crippen LogP contribution in [0.4, 0.5) is 5.82 Å². The average Bonchev–Trinajstić information content (AvgIpc) is 3.43. The van der Waals surface area contributed by atoms with Gasteiger partial charge in [-0.2, -0.15) is 0 Å². The van der Waals surface area contributed by atoms with Crippen molar-refractivity contribution in [1.82, 2.24) is 29.8 Å². The number of carbonyl (C=O) groups excluding carboxylic acids is 1. The van der Waals surface area contributed by atoms with E-state index in [-0.39, 0.29) is 0 Å². The number of ether oxygens (including phenoxy) is 1. The molecule has 35 heavy (non-hydrogen) atoms. The molecule has 3 aromatic heterocycles. The number of fused-ring (bicyclic) bond motifs is 1. The number of imidazole rings is 1. The highest BCUT2D eigenvalue weighted by atomic mass is 16.6. The number of aliphatic hydroxyl groups is 2. The van der Waals surface area contributed by atoms with E-state index in [0.29, 0.717) is 29.4 Å². The second kappa shape index (κ2) is 9.37. The van der Waals surface area contributed by atoms with Crippen LogP contribution < -0.4 is 10.6 Å². The third-order valence-corrected chi connectivity index (χ3v) is 5.99. The first kappa shape index (κ1) is 22.8. The fourth-order valence-corrected chi connectivity index (χ4v) is 4.10. The van der Waals surface area contributed by atoms with Crippen molar-refractivity contribution in [3.63, 3.8) is 0 Å². The number of likely N-dealkylation sites (N-methyl/N-ethyl adjacent to an activating group) is 1. The molecule has 4 unspecified atom stereocenters. The van der Waals surface area contributed by atoms with Crippen molar-refractivity contribution >= 4 is 22.9 Å². The zero-order chi connectivity index (χ0) is 24.5. The van der Waals surface area contributed by atoms with Crippen molar-refractivity contribution in [2.24, 2.45) is 0 Å². The van der Waals surface area contributed by atoms with Gasteiger partial charge >= 0.3 is 0 Å². The Bertz CT molecular complexity index is 1360. The van der Waals surface area contributed by atoms with Crippen molar-refractivity contribution < 1.29 is 19.7 Å². The van der Waals surface area contributed by atoms with E-state index in [1.165, 1.54) is 17.9 Å². The highest BCUT2D eigenvalue weighted by Crippen LogP contribution is 2.34. The fraction of sp³-hybridized carbons (Fsp3) is 0.292. The van der Waals surface area contributed by atoms with Crippen LogP contribution >= 0.6 is 0 Å². The van der Waals surface area contributed by atoms with Gasteiger partial charge in [0, 0.05) is 31.0 Å². The third-order valence-electron chi connectivity index (χ3n) is 5.99. The molecule has 180 valence electrons. The lowest BCUT2D eigenvalue weighted by Crippen LogP contribution is -2.41. The van der Waals surface area contributed by atoms with Gasteiger partial charge in [0.1, 0.15) is 12.2 Å². The van der Waals surface area contributed by atoms with Gasteiger partial charge in [-0.3, -0.25) is 14.3 Å². The number of aliphatic hydroxyl groups excluding tert-OH is 2. The van der Waals surface area contributed by atoms with E-state index in [1.54, 1.807) is 12.3 Å². The smallest absolute Gasteiger partial charge is 0.251 e. The largest absolute Gasteiger partial charge is 0.387 e. The number of carbonyl (C=O) groups is 1. The zero-order valence-corrected chi connectivity index (χ0v) is 19.2. The molecule has 1 aliphatic heterocycles. The Labute approximate surface area is 200 Å². The molecule has 1 saturated heterocycles. The molecule has 4 heterocycles. The molecule has 0 bridgehead atoms. The minimum atomic E-state index is -1.41. The molecule has 4 aromatic rings. The number of nitrogens with one attached hydrogen (secondary N) is 2. The Morgan fingerprint density at radius 1 is 1.09 bits per heavy atom. The van der Waals surface area contributed by atoms with Gasteiger partial charge in [-0.15, -0.1) is 0 Å². The van der Waals surface area contributed by atoms with Crippen LogP contribution in [0, 0.1) is 6.92 Å². The molecule has 11 nitrogen and oxygen atoms in total. The molecule has 4 atom stereocenters. The summed E-state index contributed by atoms with van der Waals surface area (Å²) in [6, 6.07) is 13.5. The number of anilines is 1. The maximum absolute atomic E-state index is 12.1. The first-order valence-corrected chi connectivity index (χ1v) is 11.2. The maximum atomic E-state index is 12.1. The summed E-state index contributed by atoms with van der Waals surface area (Å²) in [5.74, 6) is 0.373. The highest BCUT2D eigenvalue weighted by molar-refractivity contribution is 5.85. The zero-order valence-electron chi connectivity index (χ0n) is 19.2. The summed E-state index contributed by atoms with van der Waals surface area (Å²) < 4.78 is 7.26. The van der Waals surface area contributed by atoms with E-state index >= 15 is 0 Å². The molecule has 4 N–H and O–H groups in total. The second-order valence-electron chi connectivity index (χ2n) is 8.24. The lowest BCUT2D eigenvalue weighted by molar-refractivity contribution is -0.137. The number of nitrogens with zero attached hydrogens (tertiary/aromatic N) is 5. The Kier molecular flexibility index (Phi) is 6.12. The monoisotopic (exact) mass is 475 g/mol. The number of rotatable bonds is 6. The average molecular weight is 476 g/mol. The molecule has 1 amide bonds. The van der Waals surface area contributed by atoms with E-state index < -0.39 is 30.4 Å². The molecule has 1 aliphatic rings. The normalized spacial score (nSPS) is 21.8. The Morgan fingerprint density at radius 2 is 1.89 bits per heavy atom. The quantitative estimate of drug-likeness (QED) is 0.323. The number of pyridine rings is 1. The molecule has 0 radical (unpaired) electrons. The number of hydrogen-bond acceptors (Lipinski definition) is 9. The summed E-state index contributed by atoms with van der Waals surface area (Å²) in [7, 11) is 1.44. The minimum Gasteiger partial charge on any atom is -0.387 e. The first-order chi connectivity index (χ1) is 17.0. The molecule has 1 fully saturated rings. The Balaban J connectivity index is 1.59. The Hall–Kier alpha value is -3.93. The van der Waals surface area contributed by atoms with E-state index in [2.05, 4.69) is 20.6 Å². The predicted octanol–water partition coefficient (Wildman–Crippen LogP) is 1.17. The van der Waals surface area contributed by atoms with Crippen LogP contribution in [0.5, 0.6) is 0 Å². The van der Waals surface area contributed by atoms with Crippen LogP contribution in [0.2, 0.25) is 0 Å². The van der Waals surface area contributed by atoms with Gasteiger partial charge in [0.15, 0.2) is 35.1 Å². The molecular formula is C24H25N7O4. The molecule has 0 saturated carbocycles. The van der Waals surface area contributed by atoms with Crippen LogP contribution in [-0.4, -0.2) is 66.0 Å². The van der Waals surface area contributed by atoms with E-state index in [9.17, 15) is 15.0 Å². The summed E-state index contributed by atoms with van der Waals surface area (Å²) in [4.78, 5) is 30.4. The molecular weight excluding hydrogens is 450 g/mol. The standard InChI is InChI=1S/C24H25N7O4/c1-13-15(9-6-10-26-13)20-29-21(27-11-14-7-4-3-5-8-14)16-22(30-20)31(12-28-16)24-18(33)17(32)19(35-24)23(34)25-2/h3-10,12,17-19,24,32-33H,11H2,1-2H3,(H,25,34)(H,27,29,30). The van der Waals surface area contributed by atoms with Crippen LogP contribution in [0.25, 0.3) is 22.6 Å². The Morgan fingerprint density at radius 3 is 2.63 bits per heavy atom. The van der Waals surface area contributed by atoms with Gasteiger partial charge in [0.25, 0.3) is 5.91 Å². The predicted molar refractivity (Wildman–Crippen MR) is 127 cm³/mol. The highest BCUT2D eigenvalue weighted by Gasteiger charge is 2.47. The first-order valence-electron chi connectivity index (χ1n) is 11.2. The molecule has 11 heteroatoms. The van der Waals surface area contributed by atoms with Crippen molar-refractivity contribution in [1.29, 1.82) is 0 Å². The SMILES string of the molecule is CNC(=O)C1OC(n2cnc3c(NCc4ccccc4)nc(-c4cccnc4C)nc32)C(O)C1O. The van der Waals surface area contributed by atoms with Crippen LogP contribution in [0.3, 0.4) is 0 Å². The van der Waals surface area contributed by atoms with Crippen LogP contribution in [-0.2, 0) is 16.1 Å². The van der Waals surface area contributed by atoms with Gasteiger partial charge in [-0.25, -0.2) is 15.0 Å². The van der Waals surface area contributed by atoms with Crippen molar-refractivity contribution in [3.8, 4) is 11.4 Å². The number of aromatic nitrogens is 5. The van der Waals surface area contributed by atoms with E-state index in [4.69, 9.17) is 14.7 Å². The number of hydrogen-bond donors (Lipinski definition) is 4. The maximum Gasteiger partial charge on any atom is 0.251 e.